The van der Waals surface area contributed by atoms with E-state index >= 15 is 0 Å². The Labute approximate surface area is 157 Å². The van der Waals surface area contributed by atoms with Gasteiger partial charge in [0.15, 0.2) is 0 Å². The lowest BCUT2D eigenvalue weighted by atomic mass is 9.81. The molecule has 1 saturated heterocycles. The molecule has 2 aliphatic rings. The summed E-state index contributed by atoms with van der Waals surface area (Å²) >= 11 is 0. The number of benzene rings is 1. The summed E-state index contributed by atoms with van der Waals surface area (Å²) in [7, 11) is 1.61. The molecular weight excluding hydrogens is 348 g/mol. The first kappa shape index (κ1) is 18.9. The second-order valence-corrected chi connectivity index (χ2v) is 7.14. The number of nitrogens with two attached hydrogens (primary N) is 1. The van der Waals surface area contributed by atoms with Crippen LogP contribution in [0.25, 0.3) is 0 Å². The Hall–Kier alpha value is -2.90. The van der Waals surface area contributed by atoms with Crippen molar-refractivity contribution in [2.24, 2.45) is 5.73 Å². The highest BCUT2D eigenvalue weighted by Crippen LogP contribution is 2.39. The van der Waals surface area contributed by atoms with Crippen molar-refractivity contribution in [1.29, 1.82) is 0 Å². The molecule has 8 nitrogen and oxygen atoms in total. The number of primary amides is 1. The van der Waals surface area contributed by atoms with Crippen LogP contribution in [0.1, 0.15) is 43.7 Å². The molecule has 3 N–H and O–H groups in total. The van der Waals surface area contributed by atoms with Gasteiger partial charge >= 0.3 is 6.03 Å². The maximum Gasteiger partial charge on any atom is 0.327 e. The Balaban J connectivity index is 1.72. The van der Waals surface area contributed by atoms with E-state index in [9.17, 15) is 19.2 Å². The molecule has 144 valence electrons. The van der Waals surface area contributed by atoms with Crippen molar-refractivity contribution in [3.05, 3.63) is 35.9 Å². The molecule has 1 aliphatic heterocycles. The maximum absolute atomic E-state index is 12.9. The molecule has 1 aliphatic carbocycles. The molecule has 0 aromatic heterocycles. The van der Waals surface area contributed by atoms with Gasteiger partial charge in [-0.05, 0) is 18.4 Å². The number of imide groups is 1. The smallest absolute Gasteiger partial charge is 0.327 e. The van der Waals surface area contributed by atoms with Crippen LogP contribution in [-0.2, 0) is 14.4 Å². The van der Waals surface area contributed by atoms with Gasteiger partial charge in [0.05, 0.1) is 0 Å². The molecule has 27 heavy (non-hydrogen) atoms. The lowest BCUT2D eigenvalue weighted by Crippen LogP contribution is -2.49. The van der Waals surface area contributed by atoms with Gasteiger partial charge in [-0.15, -0.1) is 0 Å². The first-order valence-corrected chi connectivity index (χ1v) is 9.10. The number of carbonyl (C=O) groups is 4. The topological polar surface area (TPSA) is 113 Å². The average molecular weight is 372 g/mol. The fraction of sp³-hybridized carbons (Fsp3) is 0.474. The standard InChI is InChI=1S/C19H24N4O4/c1-22-18(27)23(17(26)19(22)10-6-3-7-11-19)12-14(24)21-15(16(20)25)13-8-4-2-5-9-13/h2,4-5,8-9,15H,3,6-7,10-12H2,1H3,(H2,20,25)(H,21,24)/t15-/m1/s1. The molecule has 0 radical (unpaired) electrons. The molecule has 3 rings (SSSR count). The highest BCUT2D eigenvalue weighted by atomic mass is 16.2. The normalized spacial score (nSPS) is 20.0. The summed E-state index contributed by atoms with van der Waals surface area (Å²) in [5, 5.41) is 2.53. The van der Waals surface area contributed by atoms with Crippen molar-refractivity contribution >= 4 is 23.8 Å². The number of likely N-dealkylation sites (N-methyl/N-ethyl adjacent to an activating group) is 1. The Morgan fingerprint density at radius 2 is 1.78 bits per heavy atom. The van der Waals surface area contributed by atoms with Crippen molar-refractivity contribution in [1.82, 2.24) is 15.1 Å². The van der Waals surface area contributed by atoms with Crippen molar-refractivity contribution in [3.63, 3.8) is 0 Å². The van der Waals surface area contributed by atoms with Crippen molar-refractivity contribution in [2.45, 2.75) is 43.7 Å². The van der Waals surface area contributed by atoms with Gasteiger partial charge in [0.25, 0.3) is 5.91 Å². The van der Waals surface area contributed by atoms with Crippen molar-refractivity contribution in [2.75, 3.05) is 13.6 Å². The summed E-state index contributed by atoms with van der Waals surface area (Å²) in [5.41, 5.74) is 5.11. The van der Waals surface area contributed by atoms with E-state index in [4.69, 9.17) is 5.73 Å². The van der Waals surface area contributed by atoms with Gasteiger partial charge in [-0.3, -0.25) is 19.3 Å². The van der Waals surface area contributed by atoms with Crippen LogP contribution in [0.5, 0.6) is 0 Å². The Morgan fingerprint density at radius 1 is 1.15 bits per heavy atom. The van der Waals surface area contributed by atoms with E-state index in [0.29, 0.717) is 18.4 Å². The molecule has 1 spiro atoms. The summed E-state index contributed by atoms with van der Waals surface area (Å²) in [4.78, 5) is 52.2. The van der Waals surface area contributed by atoms with E-state index in [1.54, 1.807) is 37.4 Å². The lowest BCUT2D eigenvalue weighted by molar-refractivity contribution is -0.137. The van der Waals surface area contributed by atoms with Crippen molar-refractivity contribution in [3.8, 4) is 0 Å². The zero-order valence-electron chi connectivity index (χ0n) is 15.3. The average Bonchev–Trinajstić information content (AvgIpc) is 2.83. The minimum atomic E-state index is -1.02. The van der Waals surface area contributed by atoms with Crippen LogP contribution in [-0.4, -0.2) is 52.7 Å². The SMILES string of the molecule is CN1C(=O)N(CC(=O)N[C@@H](C(N)=O)c2ccccc2)C(=O)C12CCCCC2. The predicted molar refractivity (Wildman–Crippen MR) is 97.2 cm³/mol. The van der Waals surface area contributed by atoms with E-state index in [1.807, 2.05) is 0 Å². The van der Waals surface area contributed by atoms with Gasteiger partial charge in [0.1, 0.15) is 18.1 Å². The number of amides is 5. The fourth-order valence-electron chi connectivity index (χ4n) is 3.99. The van der Waals surface area contributed by atoms with Crippen LogP contribution in [0, 0.1) is 0 Å². The highest BCUT2D eigenvalue weighted by Gasteiger charge is 2.55. The number of carbonyl (C=O) groups excluding carboxylic acids is 4. The third-order valence-corrected chi connectivity index (χ3v) is 5.51. The summed E-state index contributed by atoms with van der Waals surface area (Å²) in [5.74, 6) is -1.65. The molecule has 2 fully saturated rings. The largest absolute Gasteiger partial charge is 0.368 e. The Kier molecular flexibility index (Phi) is 5.16. The third-order valence-electron chi connectivity index (χ3n) is 5.51. The first-order chi connectivity index (χ1) is 12.9. The second-order valence-electron chi connectivity index (χ2n) is 7.14. The van der Waals surface area contributed by atoms with Crippen LogP contribution in [0.2, 0.25) is 0 Å². The van der Waals surface area contributed by atoms with Crippen LogP contribution >= 0.6 is 0 Å². The molecule has 5 amide bonds. The van der Waals surface area contributed by atoms with E-state index < -0.39 is 36.0 Å². The van der Waals surface area contributed by atoms with Gasteiger partial charge < -0.3 is 16.0 Å². The molecule has 1 heterocycles. The van der Waals surface area contributed by atoms with Gasteiger partial charge in [-0.2, -0.15) is 0 Å². The zero-order valence-corrected chi connectivity index (χ0v) is 15.3. The van der Waals surface area contributed by atoms with E-state index in [2.05, 4.69) is 5.32 Å². The molecule has 0 unspecified atom stereocenters. The maximum atomic E-state index is 12.9. The summed E-state index contributed by atoms with van der Waals surface area (Å²) in [6.45, 7) is -0.430. The first-order valence-electron chi connectivity index (χ1n) is 9.10. The van der Waals surface area contributed by atoms with E-state index in [0.717, 1.165) is 24.2 Å². The minimum Gasteiger partial charge on any atom is -0.368 e. The summed E-state index contributed by atoms with van der Waals surface area (Å²) in [6.07, 6.45) is 4.01. The molecule has 8 heteroatoms. The number of nitrogens with one attached hydrogen (secondary N) is 1. The Bertz CT molecular complexity index is 758. The lowest BCUT2D eigenvalue weighted by Gasteiger charge is -2.35. The molecule has 1 saturated carbocycles. The number of hydrogen-bond acceptors (Lipinski definition) is 4. The predicted octanol–water partition coefficient (Wildman–Crippen LogP) is 0.926. The fourth-order valence-corrected chi connectivity index (χ4v) is 3.99. The number of urea groups is 1. The van der Waals surface area contributed by atoms with Gasteiger partial charge in [-0.25, -0.2) is 4.79 Å². The summed E-state index contributed by atoms with van der Waals surface area (Å²) in [6, 6.07) is 7.09. The van der Waals surface area contributed by atoms with Crippen LogP contribution in [0.15, 0.2) is 30.3 Å². The molecule has 1 atom stereocenters. The van der Waals surface area contributed by atoms with E-state index in [1.165, 1.54) is 4.90 Å². The van der Waals surface area contributed by atoms with E-state index in [-0.39, 0.29) is 5.91 Å². The monoisotopic (exact) mass is 372 g/mol. The summed E-state index contributed by atoms with van der Waals surface area (Å²) < 4.78 is 0. The van der Waals surface area contributed by atoms with Gasteiger partial charge in [0.2, 0.25) is 11.8 Å². The minimum absolute atomic E-state index is 0.333. The quantitative estimate of drug-likeness (QED) is 0.749. The third kappa shape index (κ3) is 3.39. The van der Waals surface area contributed by atoms with Crippen LogP contribution < -0.4 is 11.1 Å². The van der Waals surface area contributed by atoms with Crippen LogP contribution in [0.3, 0.4) is 0 Å². The molecule has 1 aromatic rings. The highest BCUT2D eigenvalue weighted by molar-refractivity contribution is 6.09. The molecule has 0 bridgehead atoms. The number of rotatable bonds is 5. The van der Waals surface area contributed by atoms with Gasteiger partial charge in [-0.1, -0.05) is 49.6 Å². The van der Waals surface area contributed by atoms with Gasteiger partial charge in [0, 0.05) is 7.05 Å². The van der Waals surface area contributed by atoms with Crippen molar-refractivity contribution < 1.29 is 19.2 Å². The second kappa shape index (κ2) is 7.38. The number of nitrogens with zero attached hydrogens (tertiary/aromatic N) is 2. The number of hydrogen-bond donors (Lipinski definition) is 2. The zero-order chi connectivity index (χ0) is 19.6. The Morgan fingerprint density at radius 3 is 2.37 bits per heavy atom. The molecular formula is C19H24N4O4. The van der Waals surface area contributed by atoms with Crippen LogP contribution in [0.4, 0.5) is 4.79 Å². The molecule has 1 aromatic carbocycles.